The number of esters is 1. The summed E-state index contributed by atoms with van der Waals surface area (Å²) in [5.41, 5.74) is -0.0179. The Morgan fingerprint density at radius 2 is 2.00 bits per heavy atom. The summed E-state index contributed by atoms with van der Waals surface area (Å²) in [4.78, 5) is 25.9. The van der Waals surface area contributed by atoms with E-state index in [-0.39, 0.29) is 31.3 Å². The summed E-state index contributed by atoms with van der Waals surface area (Å²) in [6.45, 7) is 0.482. The Kier molecular flexibility index (Phi) is 4.66. The fraction of sp³-hybridized carbons (Fsp3) is 0.412. The van der Waals surface area contributed by atoms with Gasteiger partial charge in [-0.05, 0) is 24.3 Å². The van der Waals surface area contributed by atoms with E-state index in [0.717, 1.165) is 12.1 Å². The lowest BCUT2D eigenvalue weighted by atomic mass is 10.1. The van der Waals surface area contributed by atoms with E-state index in [1.165, 1.54) is 24.1 Å². The largest absolute Gasteiger partial charge is 0.467 e. The summed E-state index contributed by atoms with van der Waals surface area (Å²) < 4.78 is 50.1. The first-order chi connectivity index (χ1) is 12.2. The number of fused-ring (bicyclic) bond motifs is 1. The maximum absolute atomic E-state index is 12.9. The molecule has 1 aromatic carbocycles. The van der Waals surface area contributed by atoms with Crippen molar-refractivity contribution in [1.29, 1.82) is 0 Å². The monoisotopic (exact) mass is 370 g/mol. The summed E-state index contributed by atoms with van der Waals surface area (Å²) in [5.74, 6) is -0.955. The molecule has 1 aromatic heterocycles. The van der Waals surface area contributed by atoms with Crippen molar-refractivity contribution in [1.82, 2.24) is 9.47 Å². The minimum atomic E-state index is -4.45. The van der Waals surface area contributed by atoms with Gasteiger partial charge in [-0.25, -0.2) is 4.79 Å². The molecule has 3 rings (SSSR count). The highest BCUT2D eigenvalue weighted by molar-refractivity contribution is 5.99. The molecule has 1 aliphatic rings. The van der Waals surface area contributed by atoms with Crippen LogP contribution >= 0.6 is 0 Å². The number of benzene rings is 1. The molecule has 0 radical (unpaired) electrons. The third-order valence-electron chi connectivity index (χ3n) is 4.41. The number of nitrogens with zero attached hydrogens (tertiary/aromatic N) is 2. The van der Waals surface area contributed by atoms with Gasteiger partial charge in [0.1, 0.15) is 5.69 Å². The fourth-order valence-corrected chi connectivity index (χ4v) is 3.00. The molecule has 0 bridgehead atoms. The van der Waals surface area contributed by atoms with Crippen molar-refractivity contribution < 1.29 is 32.2 Å². The molecule has 1 aliphatic heterocycles. The summed E-state index contributed by atoms with van der Waals surface area (Å²) in [7, 11) is 2.84. The number of carbonyl (C=O) groups excluding carboxylic acids is 2. The molecule has 0 saturated carbocycles. The van der Waals surface area contributed by atoms with Crippen LogP contribution in [-0.4, -0.2) is 54.3 Å². The number of rotatable bonds is 2. The van der Waals surface area contributed by atoms with E-state index in [2.05, 4.69) is 4.74 Å². The van der Waals surface area contributed by atoms with Crippen molar-refractivity contribution in [2.75, 3.05) is 26.8 Å². The lowest BCUT2D eigenvalue weighted by Gasteiger charge is -2.31. The van der Waals surface area contributed by atoms with Crippen LogP contribution in [0.25, 0.3) is 10.9 Å². The van der Waals surface area contributed by atoms with E-state index in [1.807, 2.05) is 0 Å². The Labute approximate surface area is 147 Å². The van der Waals surface area contributed by atoms with Crippen LogP contribution in [0.3, 0.4) is 0 Å². The molecule has 140 valence electrons. The summed E-state index contributed by atoms with van der Waals surface area (Å²) in [6.07, 6.45) is -5.32. The predicted octanol–water partition coefficient (Wildman–Crippen LogP) is 2.21. The molecule has 0 spiro atoms. The first-order valence-corrected chi connectivity index (χ1v) is 7.87. The maximum atomic E-state index is 12.9. The molecule has 0 aliphatic carbocycles. The molecular weight excluding hydrogens is 353 g/mol. The van der Waals surface area contributed by atoms with Gasteiger partial charge < -0.3 is 18.9 Å². The Morgan fingerprint density at radius 3 is 2.65 bits per heavy atom. The Morgan fingerprint density at radius 1 is 1.27 bits per heavy atom. The molecule has 2 heterocycles. The van der Waals surface area contributed by atoms with Crippen molar-refractivity contribution in [3.8, 4) is 0 Å². The average molecular weight is 370 g/mol. The number of carbonyl (C=O) groups is 2. The molecule has 1 fully saturated rings. The second-order valence-corrected chi connectivity index (χ2v) is 5.99. The Hall–Kier alpha value is -2.55. The van der Waals surface area contributed by atoms with Crippen molar-refractivity contribution >= 4 is 22.8 Å². The number of aryl methyl sites for hydroxylation is 1. The molecule has 1 unspecified atom stereocenters. The molecular formula is C17H17F3N2O4. The van der Waals surface area contributed by atoms with Crippen LogP contribution in [0, 0.1) is 0 Å². The summed E-state index contributed by atoms with van der Waals surface area (Å²) in [6, 6.07) is 4.77. The topological polar surface area (TPSA) is 60.8 Å². The Bertz CT molecular complexity index is 860. The first-order valence-electron chi connectivity index (χ1n) is 7.87. The molecule has 1 amide bonds. The first kappa shape index (κ1) is 18.2. The lowest BCUT2D eigenvalue weighted by Crippen LogP contribution is -2.49. The maximum Gasteiger partial charge on any atom is 0.416 e. The highest BCUT2D eigenvalue weighted by atomic mass is 19.4. The molecule has 1 saturated heterocycles. The van der Waals surface area contributed by atoms with E-state index < -0.39 is 23.8 Å². The molecule has 0 N–H and O–H groups in total. The second-order valence-electron chi connectivity index (χ2n) is 5.99. The van der Waals surface area contributed by atoms with Gasteiger partial charge in [-0.1, -0.05) is 0 Å². The highest BCUT2D eigenvalue weighted by Gasteiger charge is 2.33. The number of ether oxygens (including phenoxy) is 2. The van der Waals surface area contributed by atoms with Gasteiger partial charge in [-0.2, -0.15) is 13.2 Å². The average Bonchev–Trinajstić information content (AvgIpc) is 2.96. The van der Waals surface area contributed by atoms with Crippen LogP contribution in [0.5, 0.6) is 0 Å². The van der Waals surface area contributed by atoms with Crippen LogP contribution in [0.1, 0.15) is 16.1 Å². The molecule has 9 heteroatoms. The van der Waals surface area contributed by atoms with Crippen LogP contribution < -0.4 is 0 Å². The van der Waals surface area contributed by atoms with Gasteiger partial charge in [0.05, 0.1) is 25.8 Å². The van der Waals surface area contributed by atoms with Crippen molar-refractivity contribution in [3.63, 3.8) is 0 Å². The fourth-order valence-electron chi connectivity index (χ4n) is 3.00. The number of morpholine rings is 1. The minimum Gasteiger partial charge on any atom is -0.467 e. The van der Waals surface area contributed by atoms with E-state index in [4.69, 9.17) is 4.74 Å². The zero-order valence-electron chi connectivity index (χ0n) is 14.2. The molecule has 6 nitrogen and oxygen atoms in total. The van der Waals surface area contributed by atoms with Crippen molar-refractivity contribution in [2.45, 2.75) is 12.3 Å². The second kappa shape index (κ2) is 6.64. The zero-order valence-corrected chi connectivity index (χ0v) is 14.2. The highest BCUT2D eigenvalue weighted by Crippen LogP contribution is 2.32. The number of halogens is 3. The standard InChI is InChI=1S/C17H17F3N2O4/c1-21-12-4-3-11(17(18,19)20)7-10(12)8-13(21)15(23)22-5-6-26-14(9-22)16(24)25-2/h3-4,7-8,14H,5-6,9H2,1-2H3. The van der Waals surface area contributed by atoms with Crippen LogP contribution in [-0.2, 0) is 27.5 Å². The molecule has 1 atom stereocenters. The van der Waals surface area contributed by atoms with Crippen LogP contribution in [0.4, 0.5) is 13.2 Å². The van der Waals surface area contributed by atoms with E-state index in [1.54, 1.807) is 11.6 Å². The van der Waals surface area contributed by atoms with Gasteiger partial charge >= 0.3 is 12.1 Å². The number of methoxy groups -OCH3 is 1. The van der Waals surface area contributed by atoms with Crippen LogP contribution in [0.2, 0.25) is 0 Å². The number of alkyl halides is 3. The van der Waals surface area contributed by atoms with Crippen molar-refractivity contribution in [3.05, 3.63) is 35.5 Å². The summed E-state index contributed by atoms with van der Waals surface area (Å²) in [5, 5.41) is 0.323. The quantitative estimate of drug-likeness (QED) is 0.761. The normalized spacial score (nSPS) is 18.2. The smallest absolute Gasteiger partial charge is 0.416 e. The summed E-state index contributed by atoms with van der Waals surface area (Å²) >= 11 is 0. The van der Waals surface area contributed by atoms with E-state index in [9.17, 15) is 22.8 Å². The lowest BCUT2D eigenvalue weighted by molar-refractivity contribution is -0.158. The molecule has 2 aromatic rings. The predicted molar refractivity (Wildman–Crippen MR) is 85.6 cm³/mol. The Balaban J connectivity index is 1.91. The minimum absolute atomic E-state index is 0.0286. The number of hydrogen-bond acceptors (Lipinski definition) is 4. The van der Waals surface area contributed by atoms with Gasteiger partial charge in [0.15, 0.2) is 6.10 Å². The van der Waals surface area contributed by atoms with Crippen LogP contribution in [0.15, 0.2) is 24.3 Å². The number of hydrogen-bond donors (Lipinski definition) is 0. The number of amides is 1. The van der Waals surface area contributed by atoms with E-state index >= 15 is 0 Å². The SMILES string of the molecule is COC(=O)C1CN(C(=O)c2cc3cc(C(F)(F)F)ccc3n2C)CCO1. The van der Waals surface area contributed by atoms with Gasteiger partial charge in [0.25, 0.3) is 5.91 Å². The van der Waals surface area contributed by atoms with Gasteiger partial charge in [0.2, 0.25) is 0 Å². The van der Waals surface area contributed by atoms with E-state index in [0.29, 0.717) is 10.9 Å². The molecule has 26 heavy (non-hydrogen) atoms. The zero-order chi connectivity index (χ0) is 19.1. The number of aromatic nitrogens is 1. The third kappa shape index (κ3) is 3.26. The third-order valence-corrected chi connectivity index (χ3v) is 4.41. The van der Waals surface area contributed by atoms with Crippen molar-refractivity contribution in [2.24, 2.45) is 7.05 Å². The van der Waals surface area contributed by atoms with Gasteiger partial charge in [-0.15, -0.1) is 0 Å². The van der Waals surface area contributed by atoms with Gasteiger partial charge in [0, 0.05) is 24.5 Å². The van der Waals surface area contributed by atoms with Gasteiger partial charge in [-0.3, -0.25) is 4.79 Å².